The maximum atomic E-state index is 13.8. The largest absolute Gasteiger partial charge is 0.399 e. The fourth-order valence-electron chi connectivity index (χ4n) is 2.17. The summed E-state index contributed by atoms with van der Waals surface area (Å²) in [7, 11) is 0. The second kappa shape index (κ2) is 4.59. The van der Waals surface area contributed by atoms with E-state index < -0.39 is 0 Å². The molecule has 3 aromatic rings. The number of aromatic nitrogens is 1. The number of nitrogens with two attached hydrogens (primary N) is 1. The van der Waals surface area contributed by atoms with Crippen molar-refractivity contribution in [3.63, 3.8) is 0 Å². The summed E-state index contributed by atoms with van der Waals surface area (Å²) in [5.41, 5.74) is 8.08. The zero-order valence-electron chi connectivity index (χ0n) is 10.1. The Balaban J connectivity index is 2.03. The predicted molar refractivity (Wildman–Crippen MR) is 76.9 cm³/mol. The molecule has 0 saturated carbocycles. The molecule has 0 aliphatic heterocycles. The van der Waals surface area contributed by atoms with Crippen molar-refractivity contribution in [2.45, 2.75) is 6.54 Å². The van der Waals surface area contributed by atoms with E-state index in [1.54, 1.807) is 12.1 Å². The van der Waals surface area contributed by atoms with Gasteiger partial charge in [-0.3, -0.25) is 0 Å². The number of hydrogen-bond acceptors (Lipinski definition) is 1. The van der Waals surface area contributed by atoms with E-state index in [9.17, 15) is 4.39 Å². The normalized spacial score (nSPS) is 11.1. The van der Waals surface area contributed by atoms with Crippen LogP contribution in [0, 0.1) is 5.82 Å². The second-order valence-electron chi connectivity index (χ2n) is 4.50. The van der Waals surface area contributed by atoms with Gasteiger partial charge in [-0.25, -0.2) is 4.39 Å². The van der Waals surface area contributed by atoms with Gasteiger partial charge in [-0.1, -0.05) is 23.7 Å². The highest BCUT2D eigenvalue weighted by atomic mass is 35.5. The van der Waals surface area contributed by atoms with Gasteiger partial charge in [0.05, 0.1) is 12.1 Å². The minimum absolute atomic E-state index is 0.293. The van der Waals surface area contributed by atoms with Gasteiger partial charge in [-0.05, 0) is 35.7 Å². The van der Waals surface area contributed by atoms with Crippen molar-refractivity contribution in [1.82, 2.24) is 4.57 Å². The third kappa shape index (κ3) is 2.29. The zero-order valence-corrected chi connectivity index (χ0v) is 10.9. The van der Waals surface area contributed by atoms with Crippen LogP contribution in [0.25, 0.3) is 10.9 Å². The summed E-state index contributed by atoms with van der Waals surface area (Å²) in [6, 6.07) is 12.4. The summed E-state index contributed by atoms with van der Waals surface area (Å²) >= 11 is 5.75. The number of rotatable bonds is 2. The lowest BCUT2D eigenvalue weighted by atomic mass is 10.2. The lowest BCUT2D eigenvalue weighted by Gasteiger charge is -2.07. The van der Waals surface area contributed by atoms with E-state index in [0.29, 0.717) is 22.8 Å². The summed E-state index contributed by atoms with van der Waals surface area (Å²) in [5, 5.41) is 1.49. The zero-order chi connectivity index (χ0) is 13.4. The summed E-state index contributed by atoms with van der Waals surface area (Å²) in [4.78, 5) is 0. The van der Waals surface area contributed by atoms with Gasteiger partial charge in [-0.2, -0.15) is 0 Å². The van der Waals surface area contributed by atoms with Crippen molar-refractivity contribution in [1.29, 1.82) is 0 Å². The number of anilines is 1. The summed E-state index contributed by atoms with van der Waals surface area (Å²) in [6.07, 6.45) is 1.93. The minimum Gasteiger partial charge on any atom is -0.399 e. The topological polar surface area (TPSA) is 30.9 Å². The molecule has 2 nitrogen and oxygen atoms in total. The molecule has 1 aromatic heterocycles. The molecule has 4 heteroatoms. The van der Waals surface area contributed by atoms with Crippen molar-refractivity contribution in [3.8, 4) is 0 Å². The monoisotopic (exact) mass is 274 g/mol. The Morgan fingerprint density at radius 2 is 1.95 bits per heavy atom. The van der Waals surface area contributed by atoms with Gasteiger partial charge in [-0.15, -0.1) is 0 Å². The lowest BCUT2D eigenvalue weighted by Crippen LogP contribution is -2.00. The van der Waals surface area contributed by atoms with Crippen molar-refractivity contribution in [3.05, 3.63) is 65.1 Å². The van der Waals surface area contributed by atoms with Gasteiger partial charge in [0.15, 0.2) is 0 Å². The van der Waals surface area contributed by atoms with Crippen LogP contribution < -0.4 is 5.73 Å². The Morgan fingerprint density at radius 1 is 1.11 bits per heavy atom. The first-order valence-corrected chi connectivity index (χ1v) is 6.29. The average molecular weight is 275 g/mol. The average Bonchev–Trinajstić information content (AvgIpc) is 2.75. The van der Waals surface area contributed by atoms with E-state index in [-0.39, 0.29) is 5.82 Å². The number of benzene rings is 2. The highest BCUT2D eigenvalue weighted by Gasteiger charge is 2.06. The van der Waals surface area contributed by atoms with Crippen LogP contribution in [0.15, 0.2) is 48.7 Å². The number of fused-ring (bicyclic) bond motifs is 1. The molecule has 0 fully saturated rings. The van der Waals surface area contributed by atoms with Gasteiger partial charge < -0.3 is 10.3 Å². The Kier molecular flexibility index (Phi) is 2.91. The lowest BCUT2D eigenvalue weighted by molar-refractivity contribution is 0.602. The standard InChI is InChI=1S/C15H12ClFN2/c16-12-3-1-11(14(17)7-12)9-19-6-5-10-2-4-13(18)8-15(10)19/h1-8H,9,18H2. The first-order chi connectivity index (χ1) is 9.13. The van der Waals surface area contributed by atoms with Gasteiger partial charge in [0.1, 0.15) is 5.82 Å². The molecule has 96 valence electrons. The Hall–Kier alpha value is -2.00. The van der Waals surface area contributed by atoms with Crippen molar-refractivity contribution >= 4 is 28.2 Å². The van der Waals surface area contributed by atoms with Gasteiger partial charge >= 0.3 is 0 Å². The Labute approximate surface area is 115 Å². The van der Waals surface area contributed by atoms with Crippen molar-refractivity contribution < 1.29 is 4.39 Å². The molecule has 0 saturated heterocycles. The van der Waals surface area contributed by atoms with Crippen LogP contribution in [-0.4, -0.2) is 4.57 Å². The van der Waals surface area contributed by atoms with Gasteiger partial charge in [0, 0.05) is 22.5 Å². The molecule has 0 bridgehead atoms. The molecule has 0 amide bonds. The third-order valence-electron chi connectivity index (χ3n) is 3.15. The van der Waals surface area contributed by atoms with Crippen LogP contribution in [0.2, 0.25) is 5.02 Å². The van der Waals surface area contributed by atoms with E-state index in [4.69, 9.17) is 17.3 Å². The summed E-state index contributed by atoms with van der Waals surface area (Å²) in [5.74, 6) is -0.293. The van der Waals surface area contributed by atoms with E-state index in [2.05, 4.69) is 0 Å². The Bertz CT molecular complexity index is 749. The molecule has 0 spiro atoms. The maximum Gasteiger partial charge on any atom is 0.129 e. The van der Waals surface area contributed by atoms with Crippen LogP contribution in [0.3, 0.4) is 0 Å². The highest BCUT2D eigenvalue weighted by molar-refractivity contribution is 6.30. The number of halogens is 2. The van der Waals surface area contributed by atoms with E-state index in [0.717, 1.165) is 10.9 Å². The molecule has 0 aliphatic carbocycles. The predicted octanol–water partition coefficient (Wildman–Crippen LogP) is 4.06. The first-order valence-electron chi connectivity index (χ1n) is 5.92. The molecular weight excluding hydrogens is 263 g/mol. The van der Waals surface area contributed by atoms with Crippen LogP contribution in [0.5, 0.6) is 0 Å². The summed E-state index contributed by atoms with van der Waals surface area (Å²) < 4.78 is 15.8. The molecule has 3 rings (SSSR count). The number of nitrogens with zero attached hydrogens (tertiary/aromatic N) is 1. The van der Waals surface area contributed by atoms with E-state index >= 15 is 0 Å². The number of nitrogen functional groups attached to an aromatic ring is 1. The SMILES string of the molecule is Nc1ccc2ccn(Cc3ccc(Cl)cc3F)c2c1. The molecule has 0 atom stereocenters. The highest BCUT2D eigenvalue weighted by Crippen LogP contribution is 2.21. The molecule has 19 heavy (non-hydrogen) atoms. The fourth-order valence-corrected chi connectivity index (χ4v) is 2.33. The van der Waals surface area contributed by atoms with Crippen LogP contribution >= 0.6 is 11.6 Å². The first kappa shape index (κ1) is 12.1. The second-order valence-corrected chi connectivity index (χ2v) is 4.93. The van der Waals surface area contributed by atoms with Crippen molar-refractivity contribution in [2.24, 2.45) is 0 Å². The Morgan fingerprint density at radius 3 is 2.74 bits per heavy atom. The molecule has 1 heterocycles. The van der Waals surface area contributed by atoms with Gasteiger partial charge in [0.2, 0.25) is 0 Å². The molecule has 2 N–H and O–H groups in total. The van der Waals surface area contributed by atoms with E-state index in [1.165, 1.54) is 6.07 Å². The molecule has 0 radical (unpaired) electrons. The fraction of sp³-hybridized carbons (Fsp3) is 0.0667. The maximum absolute atomic E-state index is 13.8. The van der Waals surface area contributed by atoms with Crippen LogP contribution in [0.1, 0.15) is 5.56 Å². The van der Waals surface area contributed by atoms with E-state index in [1.807, 2.05) is 35.0 Å². The molecule has 0 aliphatic rings. The molecule has 2 aromatic carbocycles. The molecular formula is C15H12ClFN2. The van der Waals surface area contributed by atoms with Crippen LogP contribution in [0.4, 0.5) is 10.1 Å². The summed E-state index contributed by atoms with van der Waals surface area (Å²) in [6.45, 7) is 0.454. The quantitative estimate of drug-likeness (QED) is 0.702. The third-order valence-corrected chi connectivity index (χ3v) is 3.39. The van der Waals surface area contributed by atoms with Crippen LogP contribution in [-0.2, 0) is 6.54 Å². The van der Waals surface area contributed by atoms with Crippen molar-refractivity contribution in [2.75, 3.05) is 5.73 Å². The minimum atomic E-state index is -0.293. The van der Waals surface area contributed by atoms with Gasteiger partial charge in [0.25, 0.3) is 0 Å². The smallest absolute Gasteiger partial charge is 0.129 e. The number of hydrogen-bond donors (Lipinski definition) is 1. The molecule has 0 unspecified atom stereocenters.